The molecule has 0 spiro atoms. The third-order valence-corrected chi connectivity index (χ3v) is 4.77. The molecule has 1 aliphatic rings. The Kier molecular flexibility index (Phi) is 5.94. The third kappa shape index (κ3) is 3.23. The Bertz CT molecular complexity index is 219. The molecule has 2 nitrogen and oxygen atoms in total. The van der Waals surface area contributed by atoms with Gasteiger partial charge in [-0.05, 0) is 45.2 Å². The Balaban J connectivity index is 2.85. The van der Waals surface area contributed by atoms with Crippen LogP contribution in [0.5, 0.6) is 0 Å². The number of methoxy groups -OCH3 is 1. The zero-order valence-electron chi connectivity index (χ0n) is 12.5. The molecule has 1 heterocycles. The number of piperidine rings is 1. The summed E-state index contributed by atoms with van der Waals surface area (Å²) >= 11 is 0. The quantitative estimate of drug-likeness (QED) is 0.705. The van der Waals surface area contributed by atoms with E-state index >= 15 is 0 Å². The summed E-state index contributed by atoms with van der Waals surface area (Å²) < 4.78 is 5.52. The first kappa shape index (κ1) is 15.0. The Morgan fingerprint density at radius 3 is 2.41 bits per heavy atom. The van der Waals surface area contributed by atoms with Crippen molar-refractivity contribution in [2.24, 2.45) is 11.8 Å². The maximum atomic E-state index is 5.52. The largest absolute Gasteiger partial charge is 0.383 e. The number of nitrogens with zero attached hydrogens (tertiary/aromatic N) is 1. The zero-order valence-corrected chi connectivity index (χ0v) is 12.5. The molecule has 3 atom stereocenters. The second kappa shape index (κ2) is 6.75. The summed E-state index contributed by atoms with van der Waals surface area (Å²) in [5.41, 5.74) is 0.239. The topological polar surface area (TPSA) is 12.5 Å². The number of likely N-dealkylation sites (tertiary alicyclic amines) is 1. The van der Waals surface area contributed by atoms with E-state index in [9.17, 15) is 0 Å². The van der Waals surface area contributed by atoms with Crippen molar-refractivity contribution in [2.45, 2.75) is 58.4 Å². The van der Waals surface area contributed by atoms with E-state index in [-0.39, 0.29) is 5.54 Å². The average molecular weight is 241 g/mol. The Labute approximate surface area is 108 Å². The molecule has 102 valence electrons. The maximum absolute atomic E-state index is 5.52. The molecule has 2 heteroatoms. The first-order chi connectivity index (χ1) is 8.10. The summed E-state index contributed by atoms with van der Waals surface area (Å²) in [5, 5.41) is 0. The normalized spacial score (nSPS) is 35.1. The monoisotopic (exact) mass is 241 g/mol. The van der Waals surface area contributed by atoms with Crippen LogP contribution in [0, 0.1) is 11.8 Å². The lowest BCUT2D eigenvalue weighted by atomic mass is 9.68. The first-order valence-corrected chi connectivity index (χ1v) is 7.30. The van der Waals surface area contributed by atoms with Crippen LogP contribution >= 0.6 is 0 Å². The molecule has 0 aliphatic carbocycles. The van der Waals surface area contributed by atoms with Crippen molar-refractivity contribution in [1.29, 1.82) is 0 Å². The molecule has 1 rings (SSSR count). The summed E-state index contributed by atoms with van der Waals surface area (Å²) in [4.78, 5) is 2.53. The minimum atomic E-state index is 0.239. The van der Waals surface area contributed by atoms with Crippen molar-refractivity contribution >= 4 is 0 Å². The van der Waals surface area contributed by atoms with Gasteiger partial charge in [0, 0.05) is 12.6 Å². The van der Waals surface area contributed by atoms with Gasteiger partial charge in [-0.1, -0.05) is 33.1 Å². The first-order valence-electron chi connectivity index (χ1n) is 7.30. The molecule has 0 aromatic heterocycles. The van der Waals surface area contributed by atoms with Crippen molar-refractivity contribution in [3.05, 3.63) is 0 Å². The van der Waals surface area contributed by atoms with Crippen molar-refractivity contribution in [2.75, 3.05) is 27.3 Å². The molecule has 0 amide bonds. The molecule has 0 bridgehead atoms. The second-order valence-corrected chi connectivity index (χ2v) is 5.94. The Morgan fingerprint density at radius 1 is 1.24 bits per heavy atom. The third-order valence-electron chi connectivity index (χ3n) is 4.77. The molecule has 1 fully saturated rings. The molecule has 0 aromatic rings. The highest BCUT2D eigenvalue weighted by molar-refractivity contribution is 4.98. The highest BCUT2D eigenvalue weighted by Gasteiger charge is 2.44. The van der Waals surface area contributed by atoms with Gasteiger partial charge in [0.2, 0.25) is 0 Å². The molecule has 1 saturated heterocycles. The smallest absolute Gasteiger partial charge is 0.0646 e. The van der Waals surface area contributed by atoms with Crippen LogP contribution in [0.15, 0.2) is 0 Å². The Morgan fingerprint density at radius 2 is 1.88 bits per heavy atom. The average Bonchev–Trinajstić information content (AvgIpc) is 2.30. The fraction of sp³-hybridized carbons (Fsp3) is 1.00. The summed E-state index contributed by atoms with van der Waals surface area (Å²) in [7, 11) is 4.11. The summed E-state index contributed by atoms with van der Waals surface area (Å²) in [6.07, 6.45) is 6.71. The molecule has 0 aromatic carbocycles. The molecule has 1 aliphatic heterocycles. The van der Waals surface area contributed by atoms with Crippen molar-refractivity contribution < 1.29 is 4.74 Å². The lowest BCUT2D eigenvalue weighted by molar-refractivity contribution is -0.0616. The van der Waals surface area contributed by atoms with E-state index in [0.717, 1.165) is 18.4 Å². The van der Waals surface area contributed by atoms with Crippen LogP contribution in [0.3, 0.4) is 0 Å². The van der Waals surface area contributed by atoms with Crippen molar-refractivity contribution in [3.8, 4) is 0 Å². The number of rotatable bonds is 6. The van der Waals surface area contributed by atoms with Gasteiger partial charge >= 0.3 is 0 Å². The molecule has 17 heavy (non-hydrogen) atoms. The van der Waals surface area contributed by atoms with Crippen LogP contribution in [0.2, 0.25) is 0 Å². The number of likely N-dealkylation sites (N-methyl/N-ethyl adjacent to an activating group) is 1. The van der Waals surface area contributed by atoms with Crippen molar-refractivity contribution in [1.82, 2.24) is 4.90 Å². The lowest BCUT2D eigenvalue weighted by Gasteiger charge is -2.52. The summed E-state index contributed by atoms with van der Waals surface area (Å²) in [6.45, 7) is 9.12. The van der Waals surface area contributed by atoms with Gasteiger partial charge in [0.25, 0.3) is 0 Å². The van der Waals surface area contributed by atoms with Gasteiger partial charge in [-0.15, -0.1) is 0 Å². The van der Waals surface area contributed by atoms with Crippen LogP contribution in [-0.2, 0) is 4.74 Å². The maximum Gasteiger partial charge on any atom is 0.0646 e. The van der Waals surface area contributed by atoms with Gasteiger partial charge in [0.05, 0.1) is 6.61 Å². The predicted octanol–water partition coefficient (Wildman–Crippen LogP) is 3.56. The van der Waals surface area contributed by atoms with Crippen molar-refractivity contribution in [3.63, 3.8) is 0 Å². The van der Waals surface area contributed by atoms with Crippen LogP contribution in [-0.4, -0.2) is 37.7 Å². The second-order valence-electron chi connectivity index (χ2n) is 5.94. The molecule has 3 unspecified atom stereocenters. The Hall–Kier alpha value is -0.0800. The fourth-order valence-corrected chi connectivity index (χ4v) is 3.69. The number of ether oxygens (including phenoxy) is 1. The molecule has 0 saturated carbocycles. The van der Waals surface area contributed by atoms with E-state index in [2.05, 4.69) is 32.7 Å². The highest BCUT2D eigenvalue weighted by atomic mass is 16.5. The zero-order chi connectivity index (χ0) is 12.9. The van der Waals surface area contributed by atoms with Crippen LogP contribution in [0.4, 0.5) is 0 Å². The van der Waals surface area contributed by atoms with E-state index in [0.29, 0.717) is 0 Å². The summed E-state index contributed by atoms with van der Waals surface area (Å²) in [5.74, 6) is 1.70. The van der Waals surface area contributed by atoms with Gasteiger partial charge in [-0.3, -0.25) is 4.90 Å². The van der Waals surface area contributed by atoms with E-state index in [1.807, 2.05) is 7.11 Å². The lowest BCUT2D eigenvalue weighted by Crippen LogP contribution is -2.59. The SMILES string of the molecule is CCCC1CCN(C)C(C)(COC)C1CCC. The van der Waals surface area contributed by atoms with Gasteiger partial charge in [-0.2, -0.15) is 0 Å². The minimum Gasteiger partial charge on any atom is -0.383 e. The molecular weight excluding hydrogens is 210 g/mol. The fourth-order valence-electron chi connectivity index (χ4n) is 3.69. The van der Waals surface area contributed by atoms with E-state index in [4.69, 9.17) is 4.74 Å². The standard InChI is InChI=1S/C15H31NO/c1-6-8-13-10-11-16(4)15(3,12-17-5)14(13)9-7-2/h13-14H,6-12H2,1-5H3. The molecular formula is C15H31NO. The van der Waals surface area contributed by atoms with Gasteiger partial charge in [0.1, 0.15) is 0 Å². The van der Waals surface area contributed by atoms with Gasteiger partial charge in [-0.25, -0.2) is 0 Å². The summed E-state index contributed by atoms with van der Waals surface area (Å²) in [6, 6.07) is 0. The highest BCUT2D eigenvalue weighted by Crippen LogP contribution is 2.41. The van der Waals surface area contributed by atoms with Crippen LogP contribution < -0.4 is 0 Å². The minimum absolute atomic E-state index is 0.239. The number of hydrogen-bond acceptors (Lipinski definition) is 2. The molecule has 0 N–H and O–H groups in total. The predicted molar refractivity (Wildman–Crippen MR) is 74.3 cm³/mol. The van der Waals surface area contributed by atoms with Crippen LogP contribution in [0.25, 0.3) is 0 Å². The van der Waals surface area contributed by atoms with E-state index in [1.54, 1.807) is 0 Å². The number of hydrogen-bond donors (Lipinski definition) is 0. The van der Waals surface area contributed by atoms with Gasteiger partial charge < -0.3 is 4.74 Å². The van der Waals surface area contributed by atoms with Gasteiger partial charge in [0.15, 0.2) is 0 Å². The van der Waals surface area contributed by atoms with Crippen LogP contribution in [0.1, 0.15) is 52.9 Å². The molecule has 0 radical (unpaired) electrons. The van der Waals surface area contributed by atoms with E-state index < -0.39 is 0 Å². The van der Waals surface area contributed by atoms with E-state index in [1.165, 1.54) is 38.6 Å².